The molecule has 1 amide bonds. The van der Waals surface area contributed by atoms with Gasteiger partial charge in [-0.1, -0.05) is 19.1 Å². The van der Waals surface area contributed by atoms with Crippen LogP contribution >= 0.6 is 11.3 Å². The lowest BCUT2D eigenvalue weighted by molar-refractivity contribution is -0.114. The minimum atomic E-state index is -3.52. The van der Waals surface area contributed by atoms with Crippen molar-refractivity contribution in [3.8, 4) is 0 Å². The van der Waals surface area contributed by atoms with E-state index in [1.165, 1.54) is 22.6 Å². The van der Waals surface area contributed by atoms with Crippen LogP contribution in [0.2, 0.25) is 0 Å². The first-order valence-corrected chi connectivity index (χ1v) is 10.0. The van der Waals surface area contributed by atoms with Crippen LogP contribution in [-0.4, -0.2) is 30.2 Å². The van der Waals surface area contributed by atoms with Crippen LogP contribution in [0.1, 0.15) is 30.0 Å². The molecule has 8 heteroatoms. The van der Waals surface area contributed by atoms with Crippen LogP contribution in [0, 0.1) is 0 Å². The Kier molecular flexibility index (Phi) is 4.71. The summed E-state index contributed by atoms with van der Waals surface area (Å²) in [6, 6.07) is 7.03. The summed E-state index contributed by atoms with van der Waals surface area (Å²) in [7, 11) is -3.52. The summed E-state index contributed by atoms with van der Waals surface area (Å²) in [4.78, 5) is 16.7. The number of nitrogens with zero attached hydrogens (tertiary/aromatic N) is 2. The molecular weight excluding hydrogens is 346 g/mol. The Hall–Kier alpha value is -1.77. The highest BCUT2D eigenvalue weighted by Crippen LogP contribution is 2.31. The molecule has 2 heterocycles. The van der Waals surface area contributed by atoms with Crippen LogP contribution in [0.5, 0.6) is 0 Å². The number of anilines is 1. The second-order valence-corrected chi connectivity index (χ2v) is 8.68. The average molecular weight is 365 g/mol. The molecule has 2 aromatic rings. The highest BCUT2D eigenvalue weighted by atomic mass is 32.2. The van der Waals surface area contributed by atoms with Crippen LogP contribution in [0.4, 0.5) is 5.13 Å². The number of carbonyl (C=O) groups excluding carboxylic acids is 1. The molecule has 1 aromatic carbocycles. The third-order valence-electron chi connectivity index (χ3n) is 3.95. The maximum absolute atomic E-state index is 12.8. The molecule has 0 aliphatic carbocycles. The lowest BCUT2D eigenvalue weighted by atomic mass is 10.2. The van der Waals surface area contributed by atoms with Crippen molar-refractivity contribution < 1.29 is 13.2 Å². The highest BCUT2D eigenvalue weighted by Gasteiger charge is 2.30. The van der Waals surface area contributed by atoms with Gasteiger partial charge in [0, 0.05) is 24.8 Å². The van der Waals surface area contributed by atoms with Gasteiger partial charge < -0.3 is 5.32 Å². The van der Waals surface area contributed by atoms with Crippen molar-refractivity contribution in [2.24, 2.45) is 0 Å². The van der Waals surface area contributed by atoms with E-state index >= 15 is 0 Å². The van der Waals surface area contributed by atoms with Gasteiger partial charge in [0.2, 0.25) is 15.9 Å². The maximum Gasteiger partial charge on any atom is 0.243 e. The molecule has 0 bridgehead atoms. The molecule has 6 nitrogen and oxygen atoms in total. The monoisotopic (exact) mass is 365 g/mol. The number of nitrogens with one attached hydrogen (secondary N) is 1. The first-order chi connectivity index (χ1) is 11.4. The number of carbonyl (C=O) groups is 1. The van der Waals surface area contributed by atoms with Gasteiger partial charge in [-0.2, -0.15) is 4.31 Å². The Bertz CT molecular complexity index is 857. The van der Waals surface area contributed by atoms with Crippen LogP contribution in [0.25, 0.3) is 0 Å². The van der Waals surface area contributed by atoms with Crippen molar-refractivity contribution in [1.82, 2.24) is 9.29 Å². The standard InChI is InChI=1S/C16H19N3O3S2/c1-3-12-4-6-13(7-5-12)24(21,22)19-9-8-14-15(10-19)23-16(18-14)17-11(2)20/h4-7H,3,8-10H2,1-2H3,(H,17,18,20). The SMILES string of the molecule is CCc1ccc(S(=O)(=O)N2CCc3nc(NC(C)=O)sc3C2)cc1. The number of thiazole rings is 1. The molecule has 0 unspecified atom stereocenters. The summed E-state index contributed by atoms with van der Waals surface area (Å²) < 4.78 is 27.1. The Morgan fingerprint density at radius 1 is 1.33 bits per heavy atom. The third-order valence-corrected chi connectivity index (χ3v) is 6.81. The van der Waals surface area contributed by atoms with E-state index in [4.69, 9.17) is 0 Å². The van der Waals surface area contributed by atoms with Crippen LogP contribution in [-0.2, 0) is 34.2 Å². The zero-order chi connectivity index (χ0) is 17.3. The van der Waals surface area contributed by atoms with E-state index in [0.29, 0.717) is 29.5 Å². The second kappa shape index (κ2) is 6.62. The van der Waals surface area contributed by atoms with E-state index in [1.807, 2.05) is 19.1 Å². The lowest BCUT2D eigenvalue weighted by Crippen LogP contribution is -2.35. The van der Waals surface area contributed by atoms with Crippen molar-refractivity contribution in [2.45, 2.75) is 38.1 Å². The number of amides is 1. The molecule has 1 aliphatic rings. The van der Waals surface area contributed by atoms with Crippen molar-refractivity contribution in [1.29, 1.82) is 0 Å². The van der Waals surface area contributed by atoms with Crippen LogP contribution in [0.15, 0.2) is 29.2 Å². The number of aromatic nitrogens is 1. The number of rotatable bonds is 4. The molecule has 0 saturated heterocycles. The Balaban J connectivity index is 1.82. The smallest absolute Gasteiger partial charge is 0.243 e. The van der Waals surface area contributed by atoms with E-state index in [-0.39, 0.29) is 5.91 Å². The van der Waals surface area contributed by atoms with Gasteiger partial charge in [0.15, 0.2) is 5.13 Å². The summed E-state index contributed by atoms with van der Waals surface area (Å²) in [5.41, 5.74) is 1.98. The number of benzene rings is 1. The van der Waals surface area contributed by atoms with Crippen molar-refractivity contribution in [3.05, 3.63) is 40.4 Å². The molecule has 3 rings (SSSR count). The molecule has 0 saturated carbocycles. The fourth-order valence-corrected chi connectivity index (χ4v) is 5.19. The normalized spacial score (nSPS) is 15.1. The van der Waals surface area contributed by atoms with Gasteiger partial charge in [-0.25, -0.2) is 13.4 Å². The van der Waals surface area contributed by atoms with Crippen LogP contribution < -0.4 is 5.32 Å². The Morgan fingerprint density at radius 2 is 2.04 bits per heavy atom. The molecule has 0 atom stereocenters. The van der Waals surface area contributed by atoms with E-state index < -0.39 is 10.0 Å². The molecule has 0 fully saturated rings. The van der Waals surface area contributed by atoms with Gasteiger partial charge in [0.25, 0.3) is 0 Å². The number of hydrogen-bond donors (Lipinski definition) is 1. The number of aryl methyl sites for hydroxylation is 1. The fourth-order valence-electron chi connectivity index (χ4n) is 2.63. The topological polar surface area (TPSA) is 79.4 Å². The summed E-state index contributed by atoms with van der Waals surface area (Å²) in [5.74, 6) is -0.179. The average Bonchev–Trinajstić information content (AvgIpc) is 2.95. The Morgan fingerprint density at radius 3 is 2.67 bits per heavy atom. The summed E-state index contributed by atoms with van der Waals surface area (Å²) in [6.45, 7) is 4.15. The minimum Gasteiger partial charge on any atom is -0.302 e. The first-order valence-electron chi connectivity index (χ1n) is 7.75. The van der Waals surface area contributed by atoms with Crippen molar-refractivity contribution in [3.63, 3.8) is 0 Å². The fraction of sp³-hybridized carbons (Fsp3) is 0.375. The summed E-state index contributed by atoms with van der Waals surface area (Å²) in [6.07, 6.45) is 1.43. The van der Waals surface area contributed by atoms with Gasteiger partial charge in [0.05, 0.1) is 17.1 Å². The minimum absolute atomic E-state index is 0.179. The maximum atomic E-state index is 12.8. The van der Waals surface area contributed by atoms with E-state index in [9.17, 15) is 13.2 Å². The molecule has 1 aliphatic heterocycles. The van der Waals surface area contributed by atoms with E-state index in [0.717, 1.165) is 22.6 Å². The predicted octanol–water partition coefficient (Wildman–Crippen LogP) is 2.41. The van der Waals surface area contributed by atoms with Crippen LogP contribution in [0.3, 0.4) is 0 Å². The zero-order valence-corrected chi connectivity index (χ0v) is 15.2. The van der Waals surface area contributed by atoms with Crippen molar-refractivity contribution in [2.75, 3.05) is 11.9 Å². The quantitative estimate of drug-likeness (QED) is 0.902. The van der Waals surface area contributed by atoms with E-state index in [2.05, 4.69) is 10.3 Å². The Labute approximate surface area is 145 Å². The number of sulfonamides is 1. The molecule has 1 aromatic heterocycles. The molecular formula is C16H19N3O3S2. The second-order valence-electron chi connectivity index (χ2n) is 5.66. The first kappa shape index (κ1) is 17.1. The summed E-state index contributed by atoms with van der Waals surface area (Å²) >= 11 is 1.34. The molecule has 0 radical (unpaired) electrons. The van der Waals surface area contributed by atoms with Gasteiger partial charge in [0.1, 0.15) is 0 Å². The molecule has 0 spiro atoms. The lowest BCUT2D eigenvalue weighted by Gasteiger charge is -2.25. The molecule has 24 heavy (non-hydrogen) atoms. The van der Waals surface area contributed by atoms with Gasteiger partial charge in [-0.15, -0.1) is 11.3 Å². The van der Waals surface area contributed by atoms with Gasteiger partial charge >= 0.3 is 0 Å². The highest BCUT2D eigenvalue weighted by molar-refractivity contribution is 7.89. The van der Waals surface area contributed by atoms with Gasteiger partial charge in [-0.05, 0) is 24.1 Å². The number of fused-ring (bicyclic) bond motifs is 1. The van der Waals surface area contributed by atoms with E-state index in [1.54, 1.807) is 12.1 Å². The largest absolute Gasteiger partial charge is 0.302 e. The third kappa shape index (κ3) is 3.35. The van der Waals surface area contributed by atoms with Gasteiger partial charge in [-0.3, -0.25) is 4.79 Å². The summed E-state index contributed by atoms with van der Waals surface area (Å²) in [5, 5.41) is 3.19. The zero-order valence-electron chi connectivity index (χ0n) is 13.6. The number of hydrogen-bond acceptors (Lipinski definition) is 5. The predicted molar refractivity (Wildman–Crippen MR) is 93.5 cm³/mol. The van der Waals surface area contributed by atoms with Crippen molar-refractivity contribution >= 4 is 32.4 Å². The molecule has 128 valence electrons. The molecule has 1 N–H and O–H groups in total.